The van der Waals surface area contributed by atoms with Gasteiger partial charge in [-0.2, -0.15) is 0 Å². The van der Waals surface area contributed by atoms with Crippen molar-refractivity contribution in [2.45, 2.75) is 0 Å². The molecule has 0 atom stereocenters. The number of nitrogens with one attached hydrogen (secondary N) is 1. The Bertz CT molecular complexity index is 354. The van der Waals surface area contributed by atoms with Crippen LogP contribution in [0.3, 0.4) is 0 Å². The first-order valence-corrected chi connectivity index (χ1v) is 3.85. The molecule has 0 saturated carbocycles. The molecule has 0 spiro atoms. The van der Waals surface area contributed by atoms with Gasteiger partial charge in [0.15, 0.2) is 0 Å². The second kappa shape index (κ2) is 3.78. The predicted octanol–water partition coefficient (Wildman–Crippen LogP) is 1.12. The van der Waals surface area contributed by atoms with Crippen LogP contribution in [-0.4, -0.2) is 29.2 Å². The van der Waals surface area contributed by atoms with Gasteiger partial charge in [-0.05, 0) is 12.1 Å². The summed E-state index contributed by atoms with van der Waals surface area (Å²) in [5, 5.41) is 20.1. The van der Waals surface area contributed by atoms with E-state index in [0.717, 1.165) is 0 Å². The summed E-state index contributed by atoms with van der Waals surface area (Å²) in [5.74, 6) is -2.31. The Morgan fingerprint density at radius 1 is 1.14 bits per heavy atom. The maximum atomic E-state index is 10.7. The lowest BCUT2D eigenvalue weighted by Gasteiger charge is -2.08. The fourth-order valence-corrected chi connectivity index (χ4v) is 1.18. The van der Waals surface area contributed by atoms with Crippen LogP contribution in [0.4, 0.5) is 5.69 Å². The fraction of sp³-hybridized carbons (Fsp3) is 0.111. The second-order valence-electron chi connectivity index (χ2n) is 2.59. The molecule has 5 nitrogen and oxygen atoms in total. The molecule has 14 heavy (non-hydrogen) atoms. The molecule has 0 unspecified atom stereocenters. The smallest absolute Gasteiger partial charge is 0.337 e. The Hall–Kier alpha value is -2.04. The van der Waals surface area contributed by atoms with Crippen LogP contribution in [-0.2, 0) is 0 Å². The molecule has 0 bridgehead atoms. The van der Waals surface area contributed by atoms with Crippen molar-refractivity contribution in [3.05, 3.63) is 29.3 Å². The van der Waals surface area contributed by atoms with Crippen LogP contribution >= 0.6 is 0 Å². The van der Waals surface area contributed by atoms with Crippen molar-refractivity contribution < 1.29 is 19.8 Å². The van der Waals surface area contributed by atoms with E-state index in [-0.39, 0.29) is 16.8 Å². The molecule has 0 amide bonds. The van der Waals surface area contributed by atoms with E-state index in [2.05, 4.69) is 5.32 Å². The third kappa shape index (κ3) is 1.66. The summed E-state index contributed by atoms with van der Waals surface area (Å²) in [5.41, 5.74) is 0.0206. The molecule has 5 heteroatoms. The normalized spacial score (nSPS) is 9.50. The number of para-hydroxylation sites is 1. The molecule has 1 rings (SSSR count). The van der Waals surface area contributed by atoms with Crippen molar-refractivity contribution in [1.82, 2.24) is 0 Å². The molecule has 0 saturated heterocycles. The lowest BCUT2D eigenvalue weighted by Crippen LogP contribution is -2.09. The van der Waals surface area contributed by atoms with E-state index >= 15 is 0 Å². The number of benzene rings is 1. The number of hydrogen-bond donors (Lipinski definition) is 3. The molecule has 1 aromatic rings. The number of carbonyl (C=O) groups is 2. The highest BCUT2D eigenvalue weighted by atomic mass is 16.4. The molecule has 0 aliphatic carbocycles. The van der Waals surface area contributed by atoms with Gasteiger partial charge in [0.05, 0.1) is 16.8 Å². The van der Waals surface area contributed by atoms with Crippen molar-refractivity contribution in [2.75, 3.05) is 12.4 Å². The molecule has 0 radical (unpaired) electrons. The van der Waals surface area contributed by atoms with E-state index in [4.69, 9.17) is 10.2 Å². The van der Waals surface area contributed by atoms with Gasteiger partial charge in [0, 0.05) is 7.05 Å². The molecule has 74 valence electrons. The monoisotopic (exact) mass is 195 g/mol. The first-order chi connectivity index (χ1) is 6.57. The van der Waals surface area contributed by atoms with Gasteiger partial charge in [0.1, 0.15) is 0 Å². The highest BCUT2D eigenvalue weighted by Crippen LogP contribution is 2.20. The first-order valence-electron chi connectivity index (χ1n) is 3.85. The molecule has 0 aliphatic rings. The number of hydrogen-bond acceptors (Lipinski definition) is 3. The zero-order chi connectivity index (χ0) is 10.7. The maximum absolute atomic E-state index is 10.7. The molecular formula is C9H9NO4. The fourth-order valence-electron chi connectivity index (χ4n) is 1.18. The van der Waals surface area contributed by atoms with Gasteiger partial charge >= 0.3 is 11.9 Å². The van der Waals surface area contributed by atoms with Crippen LogP contribution in [0.25, 0.3) is 0 Å². The number of anilines is 1. The summed E-state index contributed by atoms with van der Waals surface area (Å²) in [6.45, 7) is 0. The Kier molecular flexibility index (Phi) is 2.71. The van der Waals surface area contributed by atoms with Crippen LogP contribution in [0.2, 0.25) is 0 Å². The predicted molar refractivity (Wildman–Crippen MR) is 49.9 cm³/mol. The maximum Gasteiger partial charge on any atom is 0.337 e. The quantitative estimate of drug-likeness (QED) is 0.672. The van der Waals surface area contributed by atoms with Crippen LogP contribution in [0.1, 0.15) is 20.7 Å². The molecule has 0 aromatic heterocycles. The van der Waals surface area contributed by atoms with Gasteiger partial charge in [0.25, 0.3) is 0 Å². The van der Waals surface area contributed by atoms with E-state index in [9.17, 15) is 9.59 Å². The summed E-state index contributed by atoms with van der Waals surface area (Å²) in [6, 6.07) is 4.09. The first kappa shape index (κ1) is 10.0. The average Bonchev–Trinajstić information content (AvgIpc) is 2.16. The largest absolute Gasteiger partial charge is 0.478 e. The molecule has 0 heterocycles. The highest BCUT2D eigenvalue weighted by Gasteiger charge is 2.16. The van der Waals surface area contributed by atoms with Crippen molar-refractivity contribution in [3.8, 4) is 0 Å². The minimum atomic E-state index is -1.16. The van der Waals surface area contributed by atoms with E-state index in [1.165, 1.54) is 25.2 Å². The van der Waals surface area contributed by atoms with Crippen LogP contribution in [0.5, 0.6) is 0 Å². The standard InChI is InChI=1S/C9H9NO4/c1-10-7-5(8(11)12)3-2-4-6(7)9(13)14/h2-4,10H,1H3,(H,11,12)(H,13,14). The van der Waals surface area contributed by atoms with Gasteiger partial charge in [0.2, 0.25) is 0 Å². The molecule has 0 fully saturated rings. The third-order valence-corrected chi connectivity index (χ3v) is 1.78. The van der Waals surface area contributed by atoms with Gasteiger partial charge in [-0.3, -0.25) is 0 Å². The second-order valence-corrected chi connectivity index (χ2v) is 2.59. The SMILES string of the molecule is CNc1c(C(=O)O)cccc1C(=O)O. The number of carboxylic acid groups (broad SMARTS) is 2. The molecule has 3 N–H and O–H groups in total. The Labute approximate surface area is 80.0 Å². The number of carboxylic acids is 2. The minimum absolute atomic E-state index is 0.0487. The summed E-state index contributed by atoms with van der Waals surface area (Å²) in [7, 11) is 1.48. The Morgan fingerprint density at radius 2 is 1.57 bits per heavy atom. The lowest BCUT2D eigenvalue weighted by molar-refractivity contribution is 0.0696. The zero-order valence-electron chi connectivity index (χ0n) is 7.44. The van der Waals surface area contributed by atoms with Crippen molar-refractivity contribution >= 4 is 17.6 Å². The average molecular weight is 195 g/mol. The summed E-state index contributed by atoms with van der Waals surface area (Å²) in [6.07, 6.45) is 0. The van der Waals surface area contributed by atoms with Crippen molar-refractivity contribution in [3.63, 3.8) is 0 Å². The molecule has 0 aliphatic heterocycles. The van der Waals surface area contributed by atoms with E-state index in [1.807, 2.05) is 0 Å². The molecular weight excluding hydrogens is 186 g/mol. The van der Waals surface area contributed by atoms with Gasteiger partial charge < -0.3 is 15.5 Å². The van der Waals surface area contributed by atoms with Crippen LogP contribution in [0, 0.1) is 0 Å². The number of aromatic carboxylic acids is 2. The third-order valence-electron chi connectivity index (χ3n) is 1.78. The van der Waals surface area contributed by atoms with E-state index in [1.54, 1.807) is 0 Å². The van der Waals surface area contributed by atoms with E-state index in [0.29, 0.717) is 0 Å². The minimum Gasteiger partial charge on any atom is -0.478 e. The summed E-state index contributed by atoms with van der Waals surface area (Å²) < 4.78 is 0. The lowest BCUT2D eigenvalue weighted by atomic mass is 10.1. The van der Waals surface area contributed by atoms with E-state index < -0.39 is 11.9 Å². The Morgan fingerprint density at radius 3 is 1.86 bits per heavy atom. The number of rotatable bonds is 3. The topological polar surface area (TPSA) is 86.6 Å². The Balaban J connectivity index is 3.39. The van der Waals surface area contributed by atoms with Gasteiger partial charge in [-0.1, -0.05) is 6.07 Å². The summed E-state index contributed by atoms with van der Waals surface area (Å²) >= 11 is 0. The van der Waals surface area contributed by atoms with Crippen molar-refractivity contribution in [2.24, 2.45) is 0 Å². The molecule has 1 aromatic carbocycles. The highest BCUT2D eigenvalue weighted by molar-refractivity contribution is 6.03. The van der Waals surface area contributed by atoms with Crippen LogP contribution < -0.4 is 5.32 Å². The van der Waals surface area contributed by atoms with Gasteiger partial charge in [-0.15, -0.1) is 0 Å². The van der Waals surface area contributed by atoms with Crippen LogP contribution in [0.15, 0.2) is 18.2 Å². The summed E-state index contributed by atoms with van der Waals surface area (Å²) in [4.78, 5) is 21.4. The van der Waals surface area contributed by atoms with Crippen molar-refractivity contribution in [1.29, 1.82) is 0 Å². The zero-order valence-corrected chi connectivity index (χ0v) is 7.44. The van der Waals surface area contributed by atoms with Gasteiger partial charge in [-0.25, -0.2) is 9.59 Å².